The zero-order chi connectivity index (χ0) is 13.5. The third-order valence-corrected chi connectivity index (χ3v) is 7.87. The maximum absolute atomic E-state index is 9.12. The summed E-state index contributed by atoms with van der Waals surface area (Å²) in [6.07, 6.45) is 0.506. The Labute approximate surface area is 106 Å². The van der Waals surface area contributed by atoms with Crippen molar-refractivity contribution in [2.24, 2.45) is 0 Å². The molecule has 1 N–H and O–H groups in total. The van der Waals surface area contributed by atoms with Gasteiger partial charge in [0, 0.05) is 13.7 Å². The molecule has 0 bridgehead atoms. The molecule has 0 aromatic rings. The molecule has 17 heavy (non-hydrogen) atoms. The quantitative estimate of drug-likeness (QED) is 0.540. The highest BCUT2D eigenvalue weighted by molar-refractivity contribution is 6.74. The Kier molecular flexibility index (Phi) is 7.51. The fourth-order valence-electron chi connectivity index (χ4n) is 1.05. The molecule has 5 heteroatoms. The van der Waals surface area contributed by atoms with Crippen LogP contribution in [0.1, 0.15) is 27.2 Å². The molecule has 0 saturated carbocycles. The van der Waals surface area contributed by atoms with E-state index in [4.69, 9.17) is 19.0 Å². The van der Waals surface area contributed by atoms with Crippen LogP contribution >= 0.6 is 0 Å². The molecular weight excluding hydrogens is 236 g/mol. The maximum atomic E-state index is 9.12. The summed E-state index contributed by atoms with van der Waals surface area (Å²) >= 11 is 0. The molecule has 0 aromatic carbocycles. The summed E-state index contributed by atoms with van der Waals surface area (Å²) < 4.78 is 16.1. The van der Waals surface area contributed by atoms with Crippen molar-refractivity contribution in [3.8, 4) is 0 Å². The third kappa shape index (κ3) is 6.52. The minimum absolute atomic E-state index is 0.00419. The molecule has 0 fully saturated rings. The van der Waals surface area contributed by atoms with Crippen LogP contribution in [-0.4, -0.2) is 46.6 Å². The first-order valence-corrected chi connectivity index (χ1v) is 9.01. The van der Waals surface area contributed by atoms with E-state index in [1.807, 2.05) is 0 Å². The van der Waals surface area contributed by atoms with Crippen molar-refractivity contribution in [2.75, 3.05) is 27.1 Å². The summed E-state index contributed by atoms with van der Waals surface area (Å²) in [6.45, 7) is 11.9. The predicted molar refractivity (Wildman–Crippen MR) is 71.6 cm³/mol. The van der Waals surface area contributed by atoms with Crippen LogP contribution < -0.4 is 0 Å². The van der Waals surface area contributed by atoms with Gasteiger partial charge in [0.1, 0.15) is 6.79 Å². The monoisotopic (exact) mass is 264 g/mol. The average molecular weight is 264 g/mol. The first-order chi connectivity index (χ1) is 7.74. The normalized spacial score (nSPS) is 15.0. The number of aliphatic hydroxyl groups excluding tert-OH is 1. The molecule has 0 amide bonds. The lowest BCUT2D eigenvalue weighted by molar-refractivity contribution is -0.0921. The second kappa shape index (κ2) is 7.48. The molecule has 0 radical (unpaired) electrons. The summed E-state index contributed by atoms with van der Waals surface area (Å²) in [4.78, 5) is 0. The van der Waals surface area contributed by atoms with Gasteiger partial charge in [0.05, 0.1) is 12.7 Å². The molecule has 0 spiro atoms. The first-order valence-electron chi connectivity index (χ1n) is 6.10. The van der Waals surface area contributed by atoms with E-state index in [0.29, 0.717) is 13.0 Å². The number of hydrogen-bond donors (Lipinski definition) is 1. The van der Waals surface area contributed by atoms with Crippen LogP contribution in [0.15, 0.2) is 0 Å². The second-order valence-corrected chi connectivity index (χ2v) is 10.6. The van der Waals surface area contributed by atoms with Crippen molar-refractivity contribution in [1.82, 2.24) is 0 Å². The molecular formula is C12H28O4Si. The van der Waals surface area contributed by atoms with Crippen LogP contribution in [-0.2, 0) is 13.9 Å². The molecule has 0 aliphatic carbocycles. The number of hydrogen-bond acceptors (Lipinski definition) is 4. The lowest BCUT2D eigenvalue weighted by Gasteiger charge is -2.36. The fourth-order valence-corrected chi connectivity index (χ4v) is 2.11. The summed E-state index contributed by atoms with van der Waals surface area (Å²) in [5.41, 5.74) is 0. The van der Waals surface area contributed by atoms with E-state index in [-0.39, 0.29) is 24.5 Å². The van der Waals surface area contributed by atoms with Crippen molar-refractivity contribution in [3.63, 3.8) is 0 Å². The summed E-state index contributed by atoms with van der Waals surface area (Å²) in [7, 11) is -0.114. The Morgan fingerprint density at radius 1 is 1.24 bits per heavy atom. The predicted octanol–water partition coefficient (Wildman–Crippen LogP) is 2.38. The zero-order valence-corrected chi connectivity index (χ0v) is 13.1. The minimum Gasteiger partial charge on any atom is -0.417 e. The molecule has 0 rings (SSSR count). The van der Waals surface area contributed by atoms with Crippen LogP contribution in [0.3, 0.4) is 0 Å². The average Bonchev–Trinajstić information content (AvgIpc) is 2.21. The van der Waals surface area contributed by atoms with E-state index in [2.05, 4.69) is 33.9 Å². The van der Waals surface area contributed by atoms with Crippen molar-refractivity contribution >= 4 is 8.32 Å². The number of aliphatic hydroxyl groups is 1. The summed E-state index contributed by atoms with van der Waals surface area (Å²) in [6, 6.07) is 0. The Morgan fingerprint density at radius 2 is 1.82 bits per heavy atom. The van der Waals surface area contributed by atoms with Crippen LogP contribution in [0.4, 0.5) is 0 Å². The van der Waals surface area contributed by atoms with Gasteiger partial charge >= 0.3 is 0 Å². The van der Waals surface area contributed by atoms with Gasteiger partial charge in [0.25, 0.3) is 0 Å². The van der Waals surface area contributed by atoms with Gasteiger partial charge in [-0.1, -0.05) is 20.8 Å². The highest BCUT2D eigenvalue weighted by atomic mass is 28.4. The van der Waals surface area contributed by atoms with Gasteiger partial charge in [-0.15, -0.1) is 0 Å². The minimum atomic E-state index is -1.68. The fraction of sp³-hybridized carbons (Fsp3) is 1.00. The van der Waals surface area contributed by atoms with E-state index in [0.717, 1.165) is 0 Å². The highest BCUT2D eigenvalue weighted by Gasteiger charge is 2.36. The number of rotatable bonds is 8. The van der Waals surface area contributed by atoms with Gasteiger partial charge in [0.15, 0.2) is 8.32 Å². The number of ether oxygens (including phenoxy) is 2. The van der Waals surface area contributed by atoms with Crippen molar-refractivity contribution in [3.05, 3.63) is 0 Å². The summed E-state index contributed by atoms with van der Waals surface area (Å²) in [5.74, 6) is 0. The van der Waals surface area contributed by atoms with Crippen LogP contribution in [0, 0.1) is 0 Å². The van der Waals surface area contributed by atoms with Crippen molar-refractivity contribution in [1.29, 1.82) is 0 Å². The smallest absolute Gasteiger partial charge is 0.191 e. The topological polar surface area (TPSA) is 47.9 Å². The van der Waals surface area contributed by atoms with E-state index >= 15 is 0 Å². The third-order valence-electron chi connectivity index (χ3n) is 3.33. The second-order valence-electron chi connectivity index (χ2n) is 5.78. The van der Waals surface area contributed by atoms with Gasteiger partial charge in [-0.25, -0.2) is 0 Å². The largest absolute Gasteiger partial charge is 0.417 e. The standard InChI is InChI=1S/C12H28O4Si/c1-12(2,3)17(5,6)16-8-7-11(9-13)15-10-14-4/h11,13H,7-10H2,1-6H3/t11-/m1/s1. The van der Waals surface area contributed by atoms with Gasteiger partial charge in [-0.2, -0.15) is 0 Å². The molecule has 0 aromatic heterocycles. The first kappa shape index (κ1) is 17.1. The Hall–Kier alpha value is 0.0569. The molecule has 0 saturated heterocycles. The van der Waals surface area contributed by atoms with Gasteiger partial charge in [-0.3, -0.25) is 0 Å². The molecule has 104 valence electrons. The Morgan fingerprint density at radius 3 is 2.24 bits per heavy atom. The lowest BCUT2D eigenvalue weighted by Crippen LogP contribution is -2.41. The molecule has 1 atom stereocenters. The molecule has 4 nitrogen and oxygen atoms in total. The summed E-state index contributed by atoms with van der Waals surface area (Å²) in [5, 5.41) is 9.33. The van der Waals surface area contributed by atoms with Crippen LogP contribution in [0.25, 0.3) is 0 Å². The van der Waals surface area contributed by atoms with Crippen molar-refractivity contribution < 1.29 is 19.0 Å². The maximum Gasteiger partial charge on any atom is 0.191 e. The van der Waals surface area contributed by atoms with E-state index < -0.39 is 8.32 Å². The number of methoxy groups -OCH3 is 1. The molecule has 0 unspecified atom stereocenters. The van der Waals surface area contributed by atoms with E-state index in [1.54, 1.807) is 7.11 Å². The highest BCUT2D eigenvalue weighted by Crippen LogP contribution is 2.36. The SMILES string of the molecule is COCO[C@@H](CO)CCO[Si](C)(C)C(C)(C)C. The van der Waals surface area contributed by atoms with E-state index in [1.165, 1.54) is 0 Å². The van der Waals surface area contributed by atoms with Crippen LogP contribution in [0.2, 0.25) is 18.1 Å². The Bertz CT molecular complexity index is 201. The van der Waals surface area contributed by atoms with Gasteiger partial charge < -0.3 is 19.0 Å². The lowest BCUT2D eigenvalue weighted by atomic mass is 10.2. The van der Waals surface area contributed by atoms with E-state index in [9.17, 15) is 0 Å². The van der Waals surface area contributed by atoms with Crippen LogP contribution in [0.5, 0.6) is 0 Å². The molecule has 0 heterocycles. The van der Waals surface area contributed by atoms with Crippen molar-refractivity contribution in [2.45, 2.75) is 51.4 Å². The van der Waals surface area contributed by atoms with Gasteiger partial charge in [-0.05, 0) is 24.6 Å². The molecule has 0 aliphatic heterocycles. The zero-order valence-electron chi connectivity index (χ0n) is 12.1. The molecule has 0 aliphatic rings. The van der Waals surface area contributed by atoms with Gasteiger partial charge in [0.2, 0.25) is 0 Å². The Balaban J connectivity index is 3.96.